The van der Waals surface area contributed by atoms with Crippen LogP contribution in [0.25, 0.3) is 0 Å². The summed E-state index contributed by atoms with van der Waals surface area (Å²) in [6, 6.07) is 6.97. The number of hydrogen-bond donors (Lipinski definition) is 3. The zero-order chi connectivity index (χ0) is 68.6. The zero-order valence-corrected chi connectivity index (χ0v) is 59.5. The van der Waals surface area contributed by atoms with E-state index < -0.39 is 11.9 Å². The third-order valence-corrected chi connectivity index (χ3v) is 15.4. The van der Waals surface area contributed by atoms with Gasteiger partial charge in [0.25, 0.3) is 0 Å². The number of aliphatic carboxylic acids is 1. The van der Waals surface area contributed by atoms with Gasteiger partial charge in [0.05, 0.1) is 144 Å². The fraction of sp³-hybridized carbons (Fsp3) is 0.737. The summed E-state index contributed by atoms with van der Waals surface area (Å²) in [4.78, 5) is 51.5. The summed E-state index contributed by atoms with van der Waals surface area (Å²) < 4.78 is 66.0. The van der Waals surface area contributed by atoms with Gasteiger partial charge in [0.2, 0.25) is 11.8 Å². The molecule has 1 rings (SSSR count). The molecule has 19 heteroatoms. The maximum atomic E-state index is 13.5. The Morgan fingerprint density at radius 1 is 0.421 bits per heavy atom. The van der Waals surface area contributed by atoms with Crippen molar-refractivity contribution in [1.29, 1.82) is 0 Å². The van der Waals surface area contributed by atoms with E-state index in [4.69, 9.17) is 56.8 Å². The first-order chi connectivity index (χ1) is 46.7. The maximum absolute atomic E-state index is 13.5. The second-order valence-corrected chi connectivity index (χ2v) is 23.5. The summed E-state index contributed by atoms with van der Waals surface area (Å²) in [5.41, 5.74) is 1.07. The predicted octanol–water partition coefficient (Wildman–Crippen LogP) is 14.3. The minimum absolute atomic E-state index is 0.0189. The van der Waals surface area contributed by atoms with Gasteiger partial charge in [-0.2, -0.15) is 0 Å². The molecule has 95 heavy (non-hydrogen) atoms. The molecule has 0 aliphatic heterocycles. The number of unbranched alkanes of at least 4 members (excludes halogenated alkanes) is 18. The van der Waals surface area contributed by atoms with Crippen LogP contribution in [0.1, 0.15) is 216 Å². The van der Waals surface area contributed by atoms with Gasteiger partial charge in [-0.05, 0) is 121 Å². The topological polar surface area (TPSA) is 223 Å². The second-order valence-electron chi connectivity index (χ2n) is 23.5. The Kier molecular flexibility index (Phi) is 65.7. The first-order valence-electron chi connectivity index (χ1n) is 36.4. The number of methoxy groups -OCH3 is 1. The molecule has 546 valence electrons. The summed E-state index contributed by atoms with van der Waals surface area (Å²) >= 11 is 0. The molecule has 1 aromatic carbocycles. The second kappa shape index (κ2) is 70.7. The van der Waals surface area contributed by atoms with Gasteiger partial charge in [0, 0.05) is 37.8 Å². The number of allylic oxidation sites excluding steroid dienone is 8. The normalized spacial score (nSPS) is 12.2. The highest BCUT2D eigenvalue weighted by Gasteiger charge is 2.20. The first-order valence-corrected chi connectivity index (χ1v) is 36.4. The molecule has 0 saturated heterocycles. The van der Waals surface area contributed by atoms with Gasteiger partial charge in [-0.3, -0.25) is 9.59 Å². The van der Waals surface area contributed by atoms with Crippen molar-refractivity contribution in [1.82, 2.24) is 10.6 Å². The molecule has 0 spiro atoms. The Hall–Kier alpha value is -4.64. The molecule has 3 N–H and O–H groups in total. The highest BCUT2D eigenvalue weighted by molar-refractivity contribution is 6.02. The van der Waals surface area contributed by atoms with Crippen LogP contribution in [0.4, 0.5) is 0 Å². The van der Waals surface area contributed by atoms with Gasteiger partial charge in [-0.1, -0.05) is 152 Å². The fourth-order valence-corrected chi connectivity index (χ4v) is 9.68. The number of benzene rings is 1. The Morgan fingerprint density at radius 3 is 1.14 bits per heavy atom. The quantitative estimate of drug-likeness (QED) is 0.0239. The summed E-state index contributed by atoms with van der Waals surface area (Å²) in [7, 11) is 1.64. The van der Waals surface area contributed by atoms with Crippen molar-refractivity contribution < 1.29 is 81.1 Å². The number of hydrogen-bond acceptors (Lipinski definition) is 16. The molecular weight excluding hydrogens is 1210 g/mol. The molecule has 0 aromatic heterocycles. The van der Waals surface area contributed by atoms with Crippen molar-refractivity contribution in [3.63, 3.8) is 0 Å². The van der Waals surface area contributed by atoms with Crippen LogP contribution in [0.15, 0.2) is 84.0 Å². The molecule has 0 fully saturated rings. The molecule has 0 saturated carbocycles. The molecule has 0 radical (unpaired) electrons. The van der Waals surface area contributed by atoms with Crippen molar-refractivity contribution in [2.24, 2.45) is 0 Å². The Bertz CT molecular complexity index is 2030. The highest BCUT2D eigenvalue weighted by Crippen LogP contribution is 2.20. The number of nitrogens with one attached hydrogen (secondary N) is 2. The third kappa shape index (κ3) is 60.3. The van der Waals surface area contributed by atoms with E-state index in [1.54, 1.807) is 31.4 Å². The number of carboxylic acid groups (broad SMARTS) is 1. The molecule has 0 bridgehead atoms. The standard InChI is InChI=1S/C76H130N2O17/c1-5-7-9-11-13-15-17-19-21-23-25-27-29-31-33-35-37-71(38-36-34-32-30-28-26-24-22-20-18-16-14-12-10-8-6-2)95-76(83)70-41-39-69(40-42-70)67-78-74(80)68(3)72(75(81)82)43-44-73(79)77-45-46-85-49-50-87-53-54-89-57-58-91-61-62-93-65-66-94-64-63-92-60-59-90-56-55-88-52-51-86-48-47-84-4/h13-16,19-22,39-42,71H,5-12,17-18,23-38,43-67H2,1-4H3,(H,77,79)(H,78,80)(H,81,82)/b15-13-,16-14-,21-19-,22-20-,72-68-. The average Bonchev–Trinajstić information content (AvgIpc) is 1.31. The van der Waals surface area contributed by atoms with Crippen LogP contribution in [0.5, 0.6) is 0 Å². The number of carbonyl (C=O) groups excluding carboxylic acids is 3. The van der Waals surface area contributed by atoms with Crippen LogP contribution < -0.4 is 10.6 Å². The van der Waals surface area contributed by atoms with Crippen molar-refractivity contribution in [2.75, 3.05) is 152 Å². The molecule has 0 aliphatic carbocycles. The molecule has 0 atom stereocenters. The van der Waals surface area contributed by atoms with E-state index in [1.807, 2.05) is 0 Å². The van der Waals surface area contributed by atoms with E-state index >= 15 is 0 Å². The molecule has 0 aliphatic rings. The van der Waals surface area contributed by atoms with Gasteiger partial charge in [-0.15, -0.1) is 0 Å². The van der Waals surface area contributed by atoms with E-state index in [1.165, 1.54) is 110 Å². The largest absolute Gasteiger partial charge is 0.478 e. The summed E-state index contributed by atoms with van der Waals surface area (Å²) in [5.74, 6) is -2.53. The molecule has 0 heterocycles. The van der Waals surface area contributed by atoms with Gasteiger partial charge in [0.15, 0.2) is 0 Å². The average molecular weight is 1340 g/mol. The minimum Gasteiger partial charge on any atom is -0.478 e. The van der Waals surface area contributed by atoms with Crippen LogP contribution in [-0.2, 0) is 77.8 Å². The van der Waals surface area contributed by atoms with Crippen LogP contribution in [0.2, 0.25) is 0 Å². The van der Waals surface area contributed by atoms with Gasteiger partial charge in [0.1, 0.15) is 6.10 Å². The Balaban J connectivity index is 2.31. The van der Waals surface area contributed by atoms with Crippen molar-refractivity contribution in [3.05, 3.63) is 95.1 Å². The monoisotopic (exact) mass is 1340 g/mol. The number of carboxylic acids is 1. The summed E-state index contributed by atoms with van der Waals surface area (Å²) in [6.45, 7) is 15.9. The molecule has 2 amide bonds. The molecule has 1 aromatic rings. The lowest BCUT2D eigenvalue weighted by Gasteiger charge is -2.18. The van der Waals surface area contributed by atoms with Gasteiger partial charge < -0.3 is 72.6 Å². The first kappa shape index (κ1) is 88.4. The summed E-state index contributed by atoms with van der Waals surface area (Å²) in [6.07, 6.45) is 48.2. The smallest absolute Gasteiger partial charge is 0.338 e. The summed E-state index contributed by atoms with van der Waals surface area (Å²) in [5, 5.41) is 15.5. The molecular formula is C76H130N2O17. The Labute approximate surface area is 573 Å². The SMILES string of the molecule is CCCCC/C=C\C/C=C\CCCCCCCCC(CCCCCCCC/C=C\C/C=C\CCCCC)OC(=O)c1ccc(CNC(=O)/C(C)=C(/CCC(=O)NCCOCCOCCOCCOCCOCCOCCOCCOCCOCCOCCOC)C(=O)O)cc1. The number of amides is 2. The number of rotatable bonds is 72. The number of esters is 1. The van der Waals surface area contributed by atoms with E-state index in [-0.39, 0.29) is 61.7 Å². The fourth-order valence-electron chi connectivity index (χ4n) is 9.68. The lowest BCUT2D eigenvalue weighted by atomic mass is 10.0. The Morgan fingerprint density at radius 2 is 0.768 bits per heavy atom. The number of ether oxygens (including phenoxy) is 12. The maximum Gasteiger partial charge on any atom is 0.338 e. The van der Waals surface area contributed by atoms with Gasteiger partial charge in [-0.25, -0.2) is 9.59 Å². The van der Waals surface area contributed by atoms with E-state index in [0.29, 0.717) is 138 Å². The number of carbonyl (C=O) groups is 4. The van der Waals surface area contributed by atoms with Crippen molar-refractivity contribution in [3.8, 4) is 0 Å². The third-order valence-electron chi connectivity index (χ3n) is 15.4. The molecule has 19 nitrogen and oxygen atoms in total. The van der Waals surface area contributed by atoms with Gasteiger partial charge >= 0.3 is 11.9 Å². The van der Waals surface area contributed by atoms with Crippen LogP contribution >= 0.6 is 0 Å². The lowest BCUT2D eigenvalue weighted by molar-refractivity contribution is -0.133. The van der Waals surface area contributed by atoms with E-state index in [9.17, 15) is 24.3 Å². The van der Waals surface area contributed by atoms with Crippen LogP contribution in [-0.4, -0.2) is 187 Å². The van der Waals surface area contributed by atoms with Crippen LogP contribution in [0, 0.1) is 0 Å². The minimum atomic E-state index is -1.27. The van der Waals surface area contributed by atoms with Crippen LogP contribution in [0.3, 0.4) is 0 Å². The van der Waals surface area contributed by atoms with E-state index in [2.05, 4.69) is 73.1 Å². The predicted molar refractivity (Wildman–Crippen MR) is 378 cm³/mol. The lowest BCUT2D eigenvalue weighted by Crippen LogP contribution is -2.28. The molecule has 0 unspecified atom stereocenters. The van der Waals surface area contributed by atoms with E-state index in [0.717, 1.165) is 69.8 Å². The van der Waals surface area contributed by atoms with Crippen molar-refractivity contribution >= 4 is 23.8 Å². The zero-order valence-electron chi connectivity index (χ0n) is 59.5. The van der Waals surface area contributed by atoms with Crippen molar-refractivity contribution in [2.45, 2.75) is 213 Å². The highest BCUT2D eigenvalue weighted by atomic mass is 16.6.